The van der Waals surface area contributed by atoms with Crippen molar-refractivity contribution in [3.63, 3.8) is 0 Å². The molecule has 0 amide bonds. The summed E-state index contributed by atoms with van der Waals surface area (Å²) in [4.78, 5) is 9.19. The van der Waals surface area contributed by atoms with E-state index < -0.39 is 0 Å². The van der Waals surface area contributed by atoms with Gasteiger partial charge in [-0.05, 0) is 29.3 Å². The fourth-order valence-corrected chi connectivity index (χ4v) is 4.55. The van der Waals surface area contributed by atoms with E-state index in [1.165, 1.54) is 20.2 Å². The first-order chi connectivity index (χ1) is 12.8. The summed E-state index contributed by atoms with van der Waals surface area (Å²) in [6, 6.07) is 24.9. The number of aliphatic imine (C=N–C) groups is 2. The van der Waals surface area contributed by atoms with Gasteiger partial charge >= 0.3 is 0 Å². The molecule has 5 rings (SSSR count). The maximum atomic E-state index is 6.25. The second-order valence-electron chi connectivity index (χ2n) is 6.12. The van der Waals surface area contributed by atoms with Crippen LogP contribution in [-0.2, 0) is 0 Å². The van der Waals surface area contributed by atoms with E-state index in [0.29, 0.717) is 11.1 Å². The number of halogens is 1. The average Bonchev–Trinajstić information content (AvgIpc) is 3.06. The van der Waals surface area contributed by atoms with E-state index in [1.807, 2.05) is 30.3 Å². The molecule has 1 N–H and O–H groups in total. The van der Waals surface area contributed by atoms with E-state index in [9.17, 15) is 0 Å². The lowest BCUT2D eigenvalue weighted by Gasteiger charge is -2.20. The Hall–Kier alpha value is -2.69. The number of hydrogen-bond donors (Lipinski definition) is 1. The summed E-state index contributed by atoms with van der Waals surface area (Å²) in [7, 11) is 0. The van der Waals surface area contributed by atoms with Crippen molar-refractivity contribution in [2.45, 2.75) is 6.17 Å². The fourth-order valence-electron chi connectivity index (χ4n) is 3.22. The van der Waals surface area contributed by atoms with Gasteiger partial charge in [-0.2, -0.15) is 0 Å². The van der Waals surface area contributed by atoms with Gasteiger partial charge in [0.05, 0.1) is 0 Å². The van der Waals surface area contributed by atoms with E-state index >= 15 is 0 Å². The van der Waals surface area contributed by atoms with E-state index in [4.69, 9.17) is 16.6 Å². The zero-order valence-electron chi connectivity index (χ0n) is 13.7. The summed E-state index contributed by atoms with van der Waals surface area (Å²) in [5.41, 5.74) is 2.03. The molecule has 0 saturated heterocycles. The summed E-state index contributed by atoms with van der Waals surface area (Å²) in [6.07, 6.45) is -0.227. The van der Waals surface area contributed by atoms with Gasteiger partial charge < -0.3 is 5.32 Å². The first-order valence-corrected chi connectivity index (χ1v) is 9.52. The molecule has 0 saturated carbocycles. The van der Waals surface area contributed by atoms with E-state index in [-0.39, 0.29) is 6.17 Å². The van der Waals surface area contributed by atoms with Crippen LogP contribution in [0, 0.1) is 0 Å². The summed E-state index contributed by atoms with van der Waals surface area (Å²) in [5, 5.41) is 6.03. The van der Waals surface area contributed by atoms with Gasteiger partial charge in [-0.25, -0.2) is 9.98 Å². The van der Waals surface area contributed by atoms with Crippen molar-refractivity contribution in [3.8, 4) is 0 Å². The monoisotopic (exact) mass is 375 g/mol. The fraction of sp³-hybridized carbons (Fsp3) is 0.0476. The summed E-state index contributed by atoms with van der Waals surface area (Å²) in [6.45, 7) is 0. The molecule has 0 spiro atoms. The lowest BCUT2D eigenvalue weighted by atomic mass is 10.1. The number of rotatable bonds is 2. The molecule has 3 nitrogen and oxygen atoms in total. The largest absolute Gasteiger partial charge is 0.335 e. The quantitative estimate of drug-likeness (QED) is 0.448. The van der Waals surface area contributed by atoms with Crippen LogP contribution >= 0.6 is 22.9 Å². The van der Waals surface area contributed by atoms with Gasteiger partial charge in [-0.3, -0.25) is 0 Å². The van der Waals surface area contributed by atoms with Crippen molar-refractivity contribution in [1.82, 2.24) is 5.32 Å². The lowest BCUT2D eigenvalue weighted by molar-refractivity contribution is 0.680. The molecule has 0 aliphatic carbocycles. The van der Waals surface area contributed by atoms with Crippen LogP contribution in [0.1, 0.15) is 17.3 Å². The highest BCUT2D eigenvalue weighted by Crippen LogP contribution is 2.34. The van der Waals surface area contributed by atoms with Gasteiger partial charge in [0.1, 0.15) is 6.17 Å². The molecule has 1 aliphatic rings. The van der Waals surface area contributed by atoms with Crippen LogP contribution in [0.15, 0.2) is 82.8 Å². The predicted octanol–water partition coefficient (Wildman–Crippen LogP) is 5.70. The van der Waals surface area contributed by atoms with Crippen molar-refractivity contribution in [3.05, 3.63) is 83.9 Å². The zero-order chi connectivity index (χ0) is 17.5. The Kier molecular flexibility index (Phi) is 3.73. The van der Waals surface area contributed by atoms with Crippen LogP contribution in [0.3, 0.4) is 0 Å². The lowest BCUT2D eigenvalue weighted by Crippen LogP contribution is -2.29. The van der Waals surface area contributed by atoms with Crippen molar-refractivity contribution in [2.24, 2.45) is 9.98 Å². The molecule has 1 atom stereocenters. The van der Waals surface area contributed by atoms with Gasteiger partial charge in [0.2, 0.25) is 0 Å². The maximum absolute atomic E-state index is 6.25. The van der Waals surface area contributed by atoms with E-state index in [2.05, 4.69) is 52.8 Å². The number of nitrogens with zero attached hydrogens (tertiary/aromatic N) is 2. The second kappa shape index (κ2) is 6.24. The molecule has 3 aromatic carbocycles. The van der Waals surface area contributed by atoms with Crippen LogP contribution < -0.4 is 5.32 Å². The number of benzene rings is 3. The topological polar surface area (TPSA) is 36.8 Å². The molecule has 1 aliphatic heterocycles. The molecule has 1 unspecified atom stereocenters. The molecule has 2 heterocycles. The van der Waals surface area contributed by atoms with Crippen LogP contribution in [0.2, 0.25) is 0 Å². The molecule has 5 heteroatoms. The standard InChI is InChI=1S/C21H14ClN3S/c22-21-24-19(13-6-2-1-3-7-13)23-20(25-21)14-10-11-16-15-8-4-5-9-17(15)26-18(16)12-14/h1-12,19H,(H,23,24,25). The Balaban J connectivity index is 1.61. The third kappa shape index (κ3) is 2.68. The van der Waals surface area contributed by atoms with Crippen molar-refractivity contribution >= 4 is 54.2 Å². The first kappa shape index (κ1) is 15.6. The number of fused-ring (bicyclic) bond motifs is 3. The highest BCUT2D eigenvalue weighted by Gasteiger charge is 2.19. The Morgan fingerprint density at radius 1 is 0.846 bits per heavy atom. The third-order valence-electron chi connectivity index (χ3n) is 4.46. The van der Waals surface area contributed by atoms with Gasteiger partial charge in [0, 0.05) is 25.7 Å². The summed E-state index contributed by atoms with van der Waals surface area (Å²) in [5.74, 6) is 0.655. The highest BCUT2D eigenvalue weighted by atomic mass is 35.5. The van der Waals surface area contributed by atoms with Crippen LogP contribution in [0.25, 0.3) is 20.2 Å². The Morgan fingerprint density at radius 3 is 2.50 bits per heavy atom. The van der Waals surface area contributed by atoms with Crippen molar-refractivity contribution in [1.29, 1.82) is 0 Å². The van der Waals surface area contributed by atoms with E-state index in [0.717, 1.165) is 11.1 Å². The number of thiophene rings is 1. The van der Waals surface area contributed by atoms with Crippen molar-refractivity contribution in [2.75, 3.05) is 0 Å². The first-order valence-electron chi connectivity index (χ1n) is 8.33. The predicted molar refractivity (Wildman–Crippen MR) is 111 cm³/mol. The molecule has 126 valence electrons. The number of nitrogens with one attached hydrogen (secondary N) is 1. The number of hydrogen-bond acceptors (Lipinski definition) is 4. The maximum Gasteiger partial charge on any atom is 0.199 e. The Bertz CT molecular complexity index is 1180. The number of amidine groups is 2. The Morgan fingerprint density at radius 2 is 1.62 bits per heavy atom. The van der Waals surface area contributed by atoms with Gasteiger partial charge in [0.25, 0.3) is 0 Å². The molecular formula is C21H14ClN3S. The molecule has 0 bridgehead atoms. The minimum absolute atomic E-state index is 0.227. The molecule has 26 heavy (non-hydrogen) atoms. The molecular weight excluding hydrogens is 362 g/mol. The van der Waals surface area contributed by atoms with Crippen molar-refractivity contribution < 1.29 is 0 Å². The van der Waals surface area contributed by atoms with Gasteiger partial charge in [-0.1, -0.05) is 60.7 Å². The van der Waals surface area contributed by atoms with Crippen LogP contribution in [0.4, 0.5) is 0 Å². The SMILES string of the molecule is ClC1=NC(c2ccc3c(c2)sc2ccccc23)=NC(c2ccccc2)N1. The van der Waals surface area contributed by atoms with Crippen LogP contribution in [0.5, 0.6) is 0 Å². The minimum Gasteiger partial charge on any atom is -0.335 e. The average molecular weight is 376 g/mol. The Labute approximate surface area is 159 Å². The summed E-state index contributed by atoms with van der Waals surface area (Å²) >= 11 is 8.03. The highest BCUT2D eigenvalue weighted by molar-refractivity contribution is 7.25. The van der Waals surface area contributed by atoms with Gasteiger partial charge in [0.15, 0.2) is 11.1 Å². The molecule has 0 radical (unpaired) electrons. The third-order valence-corrected chi connectivity index (χ3v) is 5.79. The second-order valence-corrected chi connectivity index (χ2v) is 7.56. The normalized spacial score (nSPS) is 17.0. The molecule has 0 fully saturated rings. The van der Waals surface area contributed by atoms with Crippen LogP contribution in [-0.4, -0.2) is 11.1 Å². The molecule has 1 aromatic heterocycles. The molecule has 4 aromatic rings. The minimum atomic E-state index is -0.227. The van der Waals surface area contributed by atoms with E-state index in [1.54, 1.807) is 11.3 Å². The zero-order valence-corrected chi connectivity index (χ0v) is 15.3. The summed E-state index contributed by atoms with van der Waals surface area (Å²) < 4.78 is 2.52. The smallest absolute Gasteiger partial charge is 0.199 e. The van der Waals surface area contributed by atoms with Gasteiger partial charge in [-0.15, -0.1) is 11.3 Å².